The van der Waals surface area contributed by atoms with E-state index in [4.69, 9.17) is 9.47 Å². The Hall–Kier alpha value is -1.79. The van der Waals surface area contributed by atoms with Gasteiger partial charge in [0, 0.05) is 44.8 Å². The molecule has 6 nitrogen and oxygen atoms in total. The molecule has 3 rings (SSSR count). The molecule has 0 aliphatic carbocycles. The van der Waals surface area contributed by atoms with Gasteiger partial charge >= 0.3 is 0 Å². The smallest absolute Gasteiger partial charge is 0.191 e. The van der Waals surface area contributed by atoms with Gasteiger partial charge in [-0.1, -0.05) is 19.1 Å². The summed E-state index contributed by atoms with van der Waals surface area (Å²) in [5.74, 6) is 2.90. The van der Waals surface area contributed by atoms with Crippen molar-refractivity contribution in [2.24, 2.45) is 16.8 Å². The molecule has 29 heavy (non-hydrogen) atoms. The molecule has 0 spiro atoms. The second-order valence-corrected chi connectivity index (χ2v) is 8.57. The van der Waals surface area contributed by atoms with E-state index in [0.29, 0.717) is 18.4 Å². The van der Waals surface area contributed by atoms with Crippen molar-refractivity contribution in [3.05, 3.63) is 29.3 Å². The third-order valence-corrected chi connectivity index (χ3v) is 5.78. The summed E-state index contributed by atoms with van der Waals surface area (Å²) in [7, 11) is 1.83. The van der Waals surface area contributed by atoms with Crippen molar-refractivity contribution in [2.45, 2.75) is 39.7 Å². The van der Waals surface area contributed by atoms with E-state index < -0.39 is 0 Å². The molecule has 162 valence electrons. The lowest BCUT2D eigenvalue weighted by Crippen LogP contribution is -2.41. The van der Waals surface area contributed by atoms with Gasteiger partial charge in [-0.05, 0) is 56.8 Å². The van der Waals surface area contributed by atoms with Gasteiger partial charge in [0.1, 0.15) is 5.75 Å². The number of likely N-dealkylation sites (tertiary alicyclic amines) is 1. The summed E-state index contributed by atoms with van der Waals surface area (Å²) in [6, 6.07) is 6.41. The quantitative estimate of drug-likeness (QED) is 0.491. The monoisotopic (exact) mass is 402 g/mol. The number of guanidine groups is 1. The first-order valence-electron chi connectivity index (χ1n) is 11.1. The van der Waals surface area contributed by atoms with Gasteiger partial charge in [-0.15, -0.1) is 0 Å². The van der Waals surface area contributed by atoms with Crippen LogP contribution in [-0.2, 0) is 11.3 Å². The molecule has 0 bridgehead atoms. The minimum atomic E-state index is 0.503. The summed E-state index contributed by atoms with van der Waals surface area (Å²) < 4.78 is 11.6. The molecule has 2 unspecified atom stereocenters. The van der Waals surface area contributed by atoms with Crippen LogP contribution in [0, 0.1) is 18.8 Å². The second-order valence-electron chi connectivity index (χ2n) is 8.57. The minimum absolute atomic E-state index is 0.503. The Labute approximate surface area is 176 Å². The van der Waals surface area contributed by atoms with Gasteiger partial charge in [0.2, 0.25) is 0 Å². The zero-order valence-electron chi connectivity index (χ0n) is 18.4. The van der Waals surface area contributed by atoms with Crippen LogP contribution in [0.1, 0.15) is 37.3 Å². The molecule has 2 aliphatic rings. The van der Waals surface area contributed by atoms with E-state index in [1.165, 1.54) is 31.5 Å². The molecule has 1 aromatic carbocycles. The SMILES string of the molecule is CN=C(NCc1ccc(C)cc1OCC1CCOC1)NCC(C)CN1CCCC1. The first kappa shape index (κ1) is 21.9. The fourth-order valence-corrected chi connectivity index (χ4v) is 4.01. The van der Waals surface area contributed by atoms with Gasteiger partial charge in [-0.25, -0.2) is 0 Å². The van der Waals surface area contributed by atoms with Crippen LogP contribution >= 0.6 is 0 Å². The van der Waals surface area contributed by atoms with Gasteiger partial charge in [-0.2, -0.15) is 0 Å². The highest BCUT2D eigenvalue weighted by molar-refractivity contribution is 5.79. The van der Waals surface area contributed by atoms with Crippen LogP contribution in [0.25, 0.3) is 0 Å². The van der Waals surface area contributed by atoms with E-state index >= 15 is 0 Å². The molecule has 0 aromatic heterocycles. The molecule has 6 heteroatoms. The molecule has 2 heterocycles. The number of aryl methyl sites for hydroxylation is 1. The third-order valence-electron chi connectivity index (χ3n) is 5.78. The molecule has 0 saturated carbocycles. The molecule has 2 aliphatic heterocycles. The average molecular weight is 403 g/mol. The Bertz CT molecular complexity index is 652. The van der Waals surface area contributed by atoms with Crippen molar-refractivity contribution in [3.8, 4) is 5.75 Å². The normalized spacial score (nSPS) is 21.3. The van der Waals surface area contributed by atoms with E-state index in [-0.39, 0.29) is 0 Å². The molecular formula is C23H38N4O2. The highest BCUT2D eigenvalue weighted by atomic mass is 16.5. The molecular weight excluding hydrogens is 364 g/mol. The second kappa shape index (κ2) is 11.4. The van der Waals surface area contributed by atoms with E-state index in [0.717, 1.165) is 56.6 Å². The molecule has 0 radical (unpaired) electrons. The number of ether oxygens (including phenoxy) is 2. The zero-order valence-corrected chi connectivity index (χ0v) is 18.4. The topological polar surface area (TPSA) is 58.1 Å². The molecule has 2 N–H and O–H groups in total. The zero-order chi connectivity index (χ0) is 20.5. The molecule has 1 aromatic rings. The molecule has 2 saturated heterocycles. The Morgan fingerprint density at radius 1 is 1.31 bits per heavy atom. The fraction of sp³-hybridized carbons (Fsp3) is 0.696. The summed E-state index contributed by atoms with van der Waals surface area (Å²) in [5.41, 5.74) is 2.37. The van der Waals surface area contributed by atoms with Gasteiger partial charge in [0.05, 0.1) is 13.2 Å². The van der Waals surface area contributed by atoms with Crippen molar-refractivity contribution in [3.63, 3.8) is 0 Å². The van der Waals surface area contributed by atoms with Crippen LogP contribution in [0.3, 0.4) is 0 Å². The number of nitrogens with zero attached hydrogens (tertiary/aromatic N) is 2. The lowest BCUT2D eigenvalue weighted by Gasteiger charge is -2.22. The number of hydrogen-bond donors (Lipinski definition) is 2. The number of aliphatic imine (C=N–C) groups is 1. The van der Waals surface area contributed by atoms with Gasteiger partial charge in [0.15, 0.2) is 5.96 Å². The van der Waals surface area contributed by atoms with E-state index in [1.807, 2.05) is 7.05 Å². The Morgan fingerprint density at radius 3 is 2.86 bits per heavy atom. The Kier molecular flexibility index (Phi) is 8.62. The van der Waals surface area contributed by atoms with Gasteiger partial charge in [0.25, 0.3) is 0 Å². The lowest BCUT2D eigenvalue weighted by molar-refractivity contribution is 0.166. The Morgan fingerprint density at radius 2 is 2.14 bits per heavy atom. The van der Waals surface area contributed by atoms with Crippen LogP contribution in [0.5, 0.6) is 5.75 Å². The van der Waals surface area contributed by atoms with Crippen molar-refractivity contribution in [1.29, 1.82) is 0 Å². The number of benzene rings is 1. The summed E-state index contributed by atoms with van der Waals surface area (Å²) in [4.78, 5) is 6.95. The standard InChI is InChI=1S/C23H38N4O2/c1-18-6-7-21(22(12-18)29-17-20-8-11-28-16-20)14-26-23(24-3)25-13-19(2)15-27-9-4-5-10-27/h6-7,12,19-20H,4-5,8-11,13-17H2,1-3H3,(H2,24,25,26). The van der Waals surface area contributed by atoms with E-state index in [1.54, 1.807) is 0 Å². The largest absolute Gasteiger partial charge is 0.493 e. The fourth-order valence-electron chi connectivity index (χ4n) is 4.01. The van der Waals surface area contributed by atoms with E-state index in [2.05, 4.69) is 52.6 Å². The summed E-state index contributed by atoms with van der Waals surface area (Å²) >= 11 is 0. The third kappa shape index (κ3) is 7.19. The van der Waals surface area contributed by atoms with Crippen LogP contribution in [0.2, 0.25) is 0 Å². The predicted octanol–water partition coefficient (Wildman–Crippen LogP) is 2.81. The van der Waals surface area contributed by atoms with Gasteiger partial charge < -0.3 is 25.0 Å². The summed E-state index contributed by atoms with van der Waals surface area (Å²) in [6.45, 7) is 12.1. The first-order chi connectivity index (χ1) is 14.1. The van der Waals surface area contributed by atoms with Crippen LogP contribution in [-0.4, -0.2) is 63.9 Å². The maximum Gasteiger partial charge on any atom is 0.191 e. The highest BCUT2D eigenvalue weighted by Gasteiger charge is 2.17. The van der Waals surface area contributed by atoms with Gasteiger partial charge in [-0.3, -0.25) is 4.99 Å². The Balaban J connectivity index is 1.46. The van der Waals surface area contributed by atoms with Crippen LogP contribution in [0.15, 0.2) is 23.2 Å². The number of hydrogen-bond acceptors (Lipinski definition) is 4. The van der Waals surface area contributed by atoms with E-state index in [9.17, 15) is 0 Å². The van der Waals surface area contributed by atoms with Crippen molar-refractivity contribution < 1.29 is 9.47 Å². The highest BCUT2D eigenvalue weighted by Crippen LogP contribution is 2.22. The molecule has 2 fully saturated rings. The minimum Gasteiger partial charge on any atom is -0.493 e. The molecule has 2 atom stereocenters. The van der Waals surface area contributed by atoms with Crippen molar-refractivity contribution in [2.75, 3.05) is 53.0 Å². The number of rotatable bonds is 9. The summed E-state index contributed by atoms with van der Waals surface area (Å²) in [5, 5.41) is 6.92. The average Bonchev–Trinajstić information content (AvgIpc) is 3.41. The predicted molar refractivity (Wildman–Crippen MR) is 119 cm³/mol. The lowest BCUT2D eigenvalue weighted by atomic mass is 10.1. The van der Waals surface area contributed by atoms with Crippen LogP contribution in [0.4, 0.5) is 0 Å². The maximum atomic E-state index is 6.15. The first-order valence-corrected chi connectivity index (χ1v) is 11.1. The number of nitrogens with one attached hydrogen (secondary N) is 2. The van der Waals surface area contributed by atoms with Crippen molar-refractivity contribution in [1.82, 2.24) is 15.5 Å². The van der Waals surface area contributed by atoms with Crippen molar-refractivity contribution >= 4 is 5.96 Å². The summed E-state index contributed by atoms with van der Waals surface area (Å²) in [6.07, 6.45) is 3.78. The maximum absolute atomic E-state index is 6.15. The molecule has 0 amide bonds. The van der Waals surface area contributed by atoms with Crippen LogP contribution < -0.4 is 15.4 Å².